The third-order valence-electron chi connectivity index (χ3n) is 7.59. The molecule has 3 aromatic rings. The van der Waals surface area contributed by atoms with E-state index in [0.29, 0.717) is 5.92 Å². The van der Waals surface area contributed by atoms with Crippen LogP contribution in [0, 0.1) is 6.92 Å². The molecule has 1 amide bonds. The van der Waals surface area contributed by atoms with Crippen LogP contribution in [0.25, 0.3) is 5.57 Å². The highest BCUT2D eigenvalue weighted by Crippen LogP contribution is 2.49. The molecule has 192 valence electrons. The van der Waals surface area contributed by atoms with E-state index in [9.17, 15) is 9.59 Å². The minimum atomic E-state index is -0.464. The maximum atomic E-state index is 12.7. The second-order valence-electron chi connectivity index (χ2n) is 9.94. The van der Waals surface area contributed by atoms with Gasteiger partial charge in [0.05, 0.1) is 28.8 Å². The Morgan fingerprint density at radius 2 is 1.84 bits per heavy atom. The molecule has 5 rings (SSSR count). The molecule has 2 aliphatic rings. The lowest BCUT2D eigenvalue weighted by Crippen LogP contribution is -2.21. The van der Waals surface area contributed by atoms with E-state index in [-0.39, 0.29) is 12.1 Å². The Morgan fingerprint density at radius 3 is 2.46 bits per heavy atom. The summed E-state index contributed by atoms with van der Waals surface area (Å²) in [6.07, 6.45) is 6.00. The van der Waals surface area contributed by atoms with Crippen molar-refractivity contribution in [2.45, 2.75) is 63.4 Å². The van der Waals surface area contributed by atoms with Crippen LogP contribution in [0.15, 0.2) is 60.7 Å². The standard InChI is InChI=1S/C30H32N2O4S/c1-19-26(31-29(34)36-20(2)21-7-5-4-6-8-21)27(37-32-19)24-11-9-22(10-12-24)23-13-15-25(16-14-23)30(17-18-30)28(33)35-3/h4-9,13-16,20,24H,10-12,17-18H2,1-3H3,(H,31,34). The molecule has 2 aromatic carbocycles. The molecule has 0 radical (unpaired) electrons. The van der Waals surface area contributed by atoms with Gasteiger partial charge in [0, 0.05) is 5.92 Å². The highest BCUT2D eigenvalue weighted by Gasteiger charge is 2.52. The second-order valence-corrected chi connectivity index (χ2v) is 10.7. The fraction of sp³-hybridized carbons (Fsp3) is 0.367. The first-order valence-electron chi connectivity index (χ1n) is 12.8. The first-order valence-corrected chi connectivity index (χ1v) is 13.6. The summed E-state index contributed by atoms with van der Waals surface area (Å²) in [5.74, 6) is 0.160. The van der Waals surface area contributed by atoms with E-state index in [1.807, 2.05) is 44.2 Å². The summed E-state index contributed by atoms with van der Waals surface area (Å²) < 4.78 is 15.2. The summed E-state index contributed by atoms with van der Waals surface area (Å²) in [6, 6.07) is 18.1. The van der Waals surface area contributed by atoms with Crippen molar-refractivity contribution in [2.24, 2.45) is 0 Å². The van der Waals surface area contributed by atoms with Gasteiger partial charge in [0.1, 0.15) is 6.10 Å². The van der Waals surface area contributed by atoms with Gasteiger partial charge < -0.3 is 9.47 Å². The van der Waals surface area contributed by atoms with Crippen LogP contribution in [-0.2, 0) is 19.7 Å². The fourth-order valence-electron chi connectivity index (χ4n) is 5.17. The molecule has 0 spiro atoms. The summed E-state index contributed by atoms with van der Waals surface area (Å²) in [7, 11) is 1.46. The Bertz CT molecular complexity index is 1310. The van der Waals surface area contributed by atoms with Gasteiger partial charge in [0.2, 0.25) is 0 Å². The molecule has 6 nitrogen and oxygen atoms in total. The van der Waals surface area contributed by atoms with Crippen molar-refractivity contribution in [1.82, 2.24) is 4.37 Å². The molecular weight excluding hydrogens is 484 g/mol. The number of methoxy groups -OCH3 is 1. The topological polar surface area (TPSA) is 77.5 Å². The van der Waals surface area contributed by atoms with Crippen LogP contribution in [0.3, 0.4) is 0 Å². The van der Waals surface area contributed by atoms with Gasteiger partial charge in [-0.15, -0.1) is 0 Å². The maximum absolute atomic E-state index is 12.7. The van der Waals surface area contributed by atoms with Gasteiger partial charge in [-0.05, 0) is 79.7 Å². The Morgan fingerprint density at radius 1 is 1.11 bits per heavy atom. The Kier molecular flexibility index (Phi) is 7.15. The predicted octanol–water partition coefficient (Wildman–Crippen LogP) is 7.32. The monoisotopic (exact) mass is 516 g/mol. The quantitative estimate of drug-likeness (QED) is 0.333. The SMILES string of the molecule is COC(=O)C1(c2ccc(C3=CCC(c4snc(C)c4NC(=O)OC(C)c4ccccc4)CC3)cc2)CC1. The largest absolute Gasteiger partial charge is 0.468 e. The number of aromatic nitrogens is 1. The summed E-state index contributed by atoms with van der Waals surface area (Å²) in [4.78, 5) is 26.0. The van der Waals surface area contributed by atoms with Crippen molar-refractivity contribution >= 4 is 34.9 Å². The number of anilines is 1. The lowest BCUT2D eigenvalue weighted by molar-refractivity contribution is -0.143. The number of amides is 1. The van der Waals surface area contributed by atoms with E-state index in [1.165, 1.54) is 29.8 Å². The molecular formula is C30H32N2O4S. The van der Waals surface area contributed by atoms with Gasteiger partial charge in [-0.1, -0.05) is 60.7 Å². The van der Waals surface area contributed by atoms with Gasteiger partial charge in [-0.25, -0.2) is 4.79 Å². The van der Waals surface area contributed by atoms with Gasteiger partial charge in [-0.3, -0.25) is 10.1 Å². The Hall–Kier alpha value is -3.45. The van der Waals surface area contributed by atoms with Gasteiger partial charge >= 0.3 is 12.1 Å². The number of carbonyl (C=O) groups is 2. The van der Waals surface area contributed by atoms with Gasteiger partial charge in [0.15, 0.2) is 0 Å². The molecule has 1 aromatic heterocycles. The predicted molar refractivity (Wildman–Crippen MR) is 146 cm³/mol. The number of ether oxygens (including phenoxy) is 2. The molecule has 1 saturated carbocycles. The lowest BCUT2D eigenvalue weighted by atomic mass is 9.84. The normalized spacial score (nSPS) is 18.9. The summed E-state index contributed by atoms with van der Waals surface area (Å²) in [5.41, 5.74) is 5.66. The highest BCUT2D eigenvalue weighted by molar-refractivity contribution is 7.06. The van der Waals surface area contributed by atoms with Gasteiger partial charge in [0.25, 0.3) is 0 Å². The number of carbonyl (C=O) groups excluding carboxylic acids is 2. The van der Waals surface area contributed by atoms with Crippen molar-refractivity contribution in [3.05, 3.63) is 87.9 Å². The smallest absolute Gasteiger partial charge is 0.412 e. The number of hydrogen-bond acceptors (Lipinski definition) is 6. The molecule has 0 bridgehead atoms. The molecule has 2 unspecified atom stereocenters. The first-order chi connectivity index (χ1) is 17.9. The summed E-state index contributed by atoms with van der Waals surface area (Å²) in [5, 5.41) is 2.97. The number of hydrogen-bond donors (Lipinski definition) is 1. The zero-order valence-corrected chi connectivity index (χ0v) is 22.3. The van der Waals surface area contributed by atoms with E-state index in [4.69, 9.17) is 9.47 Å². The van der Waals surface area contributed by atoms with E-state index >= 15 is 0 Å². The molecule has 37 heavy (non-hydrogen) atoms. The van der Waals surface area contributed by atoms with Crippen LogP contribution in [0.1, 0.15) is 78.3 Å². The Balaban J connectivity index is 1.24. The number of aryl methyl sites for hydroxylation is 1. The lowest BCUT2D eigenvalue weighted by Gasteiger charge is -2.23. The molecule has 7 heteroatoms. The zero-order valence-electron chi connectivity index (χ0n) is 21.5. The minimum absolute atomic E-state index is 0.136. The molecule has 0 saturated heterocycles. The summed E-state index contributed by atoms with van der Waals surface area (Å²) >= 11 is 1.46. The van der Waals surface area contributed by atoms with E-state index < -0.39 is 11.5 Å². The van der Waals surface area contributed by atoms with E-state index in [1.54, 1.807) is 0 Å². The third-order valence-corrected chi connectivity index (χ3v) is 8.68. The molecule has 2 atom stereocenters. The fourth-order valence-corrected chi connectivity index (χ4v) is 6.15. The van der Waals surface area contributed by atoms with Crippen molar-refractivity contribution in [3.8, 4) is 0 Å². The van der Waals surface area contributed by atoms with Crippen LogP contribution < -0.4 is 5.32 Å². The number of nitrogens with zero attached hydrogens (tertiary/aromatic N) is 1. The second kappa shape index (κ2) is 10.5. The number of nitrogens with one attached hydrogen (secondary N) is 1. The van der Waals surface area contributed by atoms with Crippen molar-refractivity contribution in [3.63, 3.8) is 0 Å². The third kappa shape index (κ3) is 5.18. The van der Waals surface area contributed by atoms with E-state index in [0.717, 1.165) is 59.5 Å². The number of allylic oxidation sites excluding steroid dienone is 2. The van der Waals surface area contributed by atoms with E-state index in [2.05, 4.69) is 40.0 Å². The molecule has 1 heterocycles. The average molecular weight is 517 g/mol. The number of esters is 1. The van der Waals surface area contributed by atoms with Crippen molar-refractivity contribution < 1.29 is 19.1 Å². The first kappa shape index (κ1) is 25.2. The summed E-state index contributed by atoms with van der Waals surface area (Å²) in [6.45, 7) is 3.79. The van der Waals surface area contributed by atoms with Crippen LogP contribution >= 0.6 is 11.5 Å². The van der Waals surface area contributed by atoms with Crippen LogP contribution in [0.2, 0.25) is 0 Å². The molecule has 1 N–H and O–H groups in total. The Labute approximate surface area is 221 Å². The van der Waals surface area contributed by atoms with Crippen molar-refractivity contribution in [1.29, 1.82) is 0 Å². The highest BCUT2D eigenvalue weighted by atomic mass is 32.1. The maximum Gasteiger partial charge on any atom is 0.412 e. The number of rotatable bonds is 7. The van der Waals surface area contributed by atoms with Gasteiger partial charge in [-0.2, -0.15) is 4.37 Å². The van der Waals surface area contributed by atoms with Crippen LogP contribution in [-0.4, -0.2) is 23.5 Å². The molecule has 1 fully saturated rings. The average Bonchev–Trinajstić information content (AvgIpc) is 3.67. The zero-order chi connectivity index (χ0) is 26.0. The van der Waals surface area contributed by atoms with Crippen molar-refractivity contribution in [2.75, 3.05) is 12.4 Å². The number of benzene rings is 2. The minimum Gasteiger partial charge on any atom is -0.468 e. The van der Waals surface area contributed by atoms with Crippen LogP contribution in [0.4, 0.5) is 10.5 Å². The molecule has 0 aliphatic heterocycles. The molecule has 2 aliphatic carbocycles. The van der Waals surface area contributed by atoms with Crippen LogP contribution in [0.5, 0.6) is 0 Å².